The molecule has 2 aromatic rings. The molecule has 0 unspecified atom stereocenters. The van der Waals surface area contributed by atoms with Crippen molar-refractivity contribution in [2.75, 3.05) is 7.11 Å². The van der Waals surface area contributed by atoms with Gasteiger partial charge in [-0.3, -0.25) is 14.6 Å². The summed E-state index contributed by atoms with van der Waals surface area (Å²) in [4.78, 5) is 29.5. The van der Waals surface area contributed by atoms with E-state index < -0.39 is 0 Å². The maximum absolute atomic E-state index is 10.9. The Kier molecular flexibility index (Phi) is 6.20. The van der Waals surface area contributed by atoms with E-state index in [1.54, 1.807) is 37.6 Å². The molecule has 0 fully saturated rings. The minimum Gasteiger partial charge on any atom is -0.480 e. The second-order valence-corrected chi connectivity index (χ2v) is 4.36. The van der Waals surface area contributed by atoms with Gasteiger partial charge in [-0.25, -0.2) is 4.98 Å². The third kappa shape index (κ3) is 4.80. The summed E-state index contributed by atoms with van der Waals surface area (Å²) < 4.78 is 4.87. The van der Waals surface area contributed by atoms with Gasteiger partial charge in [0, 0.05) is 24.2 Å². The molecule has 0 atom stereocenters. The summed E-state index contributed by atoms with van der Waals surface area (Å²) in [5.74, 6) is 0.431. The molecule has 0 N–H and O–H groups in total. The van der Waals surface area contributed by atoms with Gasteiger partial charge in [-0.1, -0.05) is 0 Å². The molecule has 2 rings (SSSR count). The molecule has 0 saturated heterocycles. The molecular formula is C16H18N2O3. The zero-order chi connectivity index (χ0) is 15.8. The van der Waals surface area contributed by atoms with Crippen LogP contribution >= 0.6 is 0 Å². The highest BCUT2D eigenvalue weighted by Gasteiger charge is 2.06. The molecule has 2 heterocycles. The number of Topliss-reactive ketones (excluding diaryl/α,β-unsaturated/α-hetero) is 2. The summed E-state index contributed by atoms with van der Waals surface area (Å²) in [6.07, 6.45) is 4.87. The largest absolute Gasteiger partial charge is 0.480 e. The highest BCUT2D eigenvalue weighted by molar-refractivity contribution is 5.96. The zero-order valence-electron chi connectivity index (χ0n) is 12.6. The molecule has 0 aliphatic carbocycles. The Bertz CT molecular complexity index is 639. The molecule has 0 bridgehead atoms. The van der Waals surface area contributed by atoms with E-state index in [2.05, 4.69) is 9.97 Å². The quantitative estimate of drug-likeness (QED) is 0.811. The molecule has 110 valence electrons. The summed E-state index contributed by atoms with van der Waals surface area (Å²) in [5, 5.41) is 0. The van der Waals surface area contributed by atoms with E-state index in [0.717, 1.165) is 5.56 Å². The summed E-state index contributed by atoms with van der Waals surface area (Å²) in [6, 6.07) is 5.23. The van der Waals surface area contributed by atoms with Gasteiger partial charge in [0.05, 0.1) is 12.7 Å². The lowest BCUT2D eigenvalue weighted by atomic mass is 10.1. The third-order valence-corrected chi connectivity index (χ3v) is 2.76. The SMILES string of the molecule is CC(=O)c1cnccc1C.COc1ncccc1C(C)=O. The minimum atomic E-state index is -0.0325. The molecule has 0 aliphatic heterocycles. The van der Waals surface area contributed by atoms with Gasteiger partial charge in [0.15, 0.2) is 11.6 Å². The average molecular weight is 286 g/mol. The van der Waals surface area contributed by atoms with Crippen molar-refractivity contribution >= 4 is 11.6 Å². The van der Waals surface area contributed by atoms with Crippen molar-refractivity contribution in [3.63, 3.8) is 0 Å². The van der Waals surface area contributed by atoms with Crippen LogP contribution in [0.1, 0.15) is 40.1 Å². The van der Waals surface area contributed by atoms with Crippen LogP contribution in [0.3, 0.4) is 0 Å². The fraction of sp³-hybridized carbons (Fsp3) is 0.250. The number of aryl methyl sites for hydroxylation is 1. The molecule has 2 aromatic heterocycles. The van der Waals surface area contributed by atoms with Crippen LogP contribution < -0.4 is 4.74 Å². The van der Waals surface area contributed by atoms with Crippen molar-refractivity contribution in [3.05, 3.63) is 53.5 Å². The van der Waals surface area contributed by atoms with Crippen LogP contribution in [-0.4, -0.2) is 28.6 Å². The minimum absolute atomic E-state index is 0.0325. The number of pyridine rings is 2. The second kappa shape index (κ2) is 7.89. The zero-order valence-corrected chi connectivity index (χ0v) is 12.6. The van der Waals surface area contributed by atoms with Gasteiger partial charge in [0.25, 0.3) is 0 Å². The van der Waals surface area contributed by atoms with Crippen LogP contribution in [0.5, 0.6) is 5.88 Å². The van der Waals surface area contributed by atoms with E-state index in [1.807, 2.05) is 13.0 Å². The monoisotopic (exact) mass is 286 g/mol. The molecule has 0 spiro atoms. The van der Waals surface area contributed by atoms with E-state index in [4.69, 9.17) is 4.74 Å². The topological polar surface area (TPSA) is 69.2 Å². The molecule has 5 heteroatoms. The van der Waals surface area contributed by atoms with Crippen molar-refractivity contribution in [3.8, 4) is 5.88 Å². The van der Waals surface area contributed by atoms with E-state index in [0.29, 0.717) is 17.0 Å². The number of nitrogens with zero attached hydrogens (tertiary/aromatic N) is 2. The number of ether oxygens (including phenoxy) is 1. The Hall–Kier alpha value is -2.56. The van der Waals surface area contributed by atoms with Gasteiger partial charge in [-0.05, 0) is 44.5 Å². The van der Waals surface area contributed by atoms with Crippen LogP contribution in [0.4, 0.5) is 0 Å². The third-order valence-electron chi connectivity index (χ3n) is 2.76. The Morgan fingerprint density at radius 1 is 1.05 bits per heavy atom. The van der Waals surface area contributed by atoms with Crippen LogP contribution in [-0.2, 0) is 0 Å². The molecule has 0 aliphatic rings. The predicted octanol–water partition coefficient (Wildman–Crippen LogP) is 2.89. The maximum Gasteiger partial charge on any atom is 0.224 e. The molecule has 5 nitrogen and oxygen atoms in total. The van der Waals surface area contributed by atoms with Gasteiger partial charge >= 0.3 is 0 Å². The van der Waals surface area contributed by atoms with Crippen molar-refractivity contribution in [2.24, 2.45) is 0 Å². The Morgan fingerprint density at radius 2 is 1.71 bits per heavy atom. The van der Waals surface area contributed by atoms with Gasteiger partial charge in [-0.2, -0.15) is 0 Å². The number of aromatic nitrogens is 2. The number of hydrogen-bond acceptors (Lipinski definition) is 5. The summed E-state index contributed by atoms with van der Waals surface area (Å²) >= 11 is 0. The first-order chi connectivity index (χ1) is 9.97. The Morgan fingerprint density at radius 3 is 2.14 bits per heavy atom. The molecule has 21 heavy (non-hydrogen) atoms. The number of rotatable bonds is 3. The fourth-order valence-corrected chi connectivity index (χ4v) is 1.65. The molecule has 0 aromatic carbocycles. The lowest BCUT2D eigenvalue weighted by Gasteiger charge is -2.01. The van der Waals surface area contributed by atoms with Crippen molar-refractivity contribution in [1.29, 1.82) is 0 Å². The van der Waals surface area contributed by atoms with Crippen LogP contribution in [0.25, 0.3) is 0 Å². The molecule has 0 amide bonds. The standard InChI is InChI=1S/C8H9NO2.C8H9NO/c1-6(10)7-4-3-5-9-8(7)11-2;1-6-3-4-9-5-8(6)7(2)10/h3-5H,1-2H3;3-5H,1-2H3. The summed E-state index contributed by atoms with van der Waals surface area (Å²) in [5.41, 5.74) is 2.22. The van der Waals surface area contributed by atoms with E-state index >= 15 is 0 Å². The molecular weight excluding hydrogens is 268 g/mol. The maximum atomic E-state index is 10.9. The number of methoxy groups -OCH3 is 1. The number of carbonyl (C=O) groups is 2. The smallest absolute Gasteiger partial charge is 0.224 e. The van der Waals surface area contributed by atoms with Gasteiger partial charge in [0.2, 0.25) is 5.88 Å². The molecule has 0 radical (unpaired) electrons. The number of ketones is 2. The first-order valence-corrected chi connectivity index (χ1v) is 6.38. The highest BCUT2D eigenvalue weighted by atomic mass is 16.5. The lowest BCUT2D eigenvalue weighted by Crippen LogP contribution is -1.98. The first kappa shape index (κ1) is 16.5. The first-order valence-electron chi connectivity index (χ1n) is 6.38. The van der Waals surface area contributed by atoms with Crippen molar-refractivity contribution < 1.29 is 14.3 Å². The Balaban J connectivity index is 0.000000211. The van der Waals surface area contributed by atoms with Crippen molar-refractivity contribution in [1.82, 2.24) is 9.97 Å². The summed E-state index contributed by atoms with van der Waals surface area (Å²) in [7, 11) is 1.49. The van der Waals surface area contributed by atoms with Gasteiger partial charge < -0.3 is 4.74 Å². The number of hydrogen-bond donors (Lipinski definition) is 0. The second-order valence-electron chi connectivity index (χ2n) is 4.36. The van der Waals surface area contributed by atoms with E-state index in [9.17, 15) is 9.59 Å². The van der Waals surface area contributed by atoms with Gasteiger partial charge in [-0.15, -0.1) is 0 Å². The predicted molar refractivity (Wildman–Crippen MR) is 79.8 cm³/mol. The van der Waals surface area contributed by atoms with Crippen LogP contribution in [0.2, 0.25) is 0 Å². The average Bonchev–Trinajstić information content (AvgIpc) is 2.48. The fourth-order valence-electron chi connectivity index (χ4n) is 1.65. The van der Waals surface area contributed by atoms with E-state index in [-0.39, 0.29) is 11.6 Å². The van der Waals surface area contributed by atoms with Crippen LogP contribution in [0, 0.1) is 6.92 Å². The van der Waals surface area contributed by atoms with E-state index in [1.165, 1.54) is 14.0 Å². The number of carbonyl (C=O) groups excluding carboxylic acids is 2. The molecule has 0 saturated carbocycles. The lowest BCUT2D eigenvalue weighted by molar-refractivity contribution is 0.100. The van der Waals surface area contributed by atoms with Gasteiger partial charge in [0.1, 0.15) is 0 Å². The van der Waals surface area contributed by atoms with Crippen LogP contribution in [0.15, 0.2) is 36.8 Å². The Labute approximate surface area is 124 Å². The van der Waals surface area contributed by atoms with Crippen molar-refractivity contribution in [2.45, 2.75) is 20.8 Å². The summed E-state index contributed by atoms with van der Waals surface area (Å²) in [6.45, 7) is 4.93. The normalized spacial score (nSPS) is 9.33. The highest BCUT2D eigenvalue weighted by Crippen LogP contribution is 2.13.